The van der Waals surface area contributed by atoms with E-state index in [9.17, 15) is 4.39 Å². The van der Waals surface area contributed by atoms with Crippen LogP contribution in [0.1, 0.15) is 11.1 Å². The van der Waals surface area contributed by atoms with Crippen molar-refractivity contribution in [3.05, 3.63) is 102 Å². The first-order chi connectivity index (χ1) is 16.6. The van der Waals surface area contributed by atoms with Crippen molar-refractivity contribution >= 4 is 46.1 Å². The van der Waals surface area contributed by atoms with Crippen LogP contribution in [0.2, 0.25) is 0 Å². The lowest BCUT2D eigenvalue weighted by molar-refractivity contribution is 0.626. The Bertz CT molecular complexity index is 1430. The van der Waals surface area contributed by atoms with Crippen LogP contribution in [0.3, 0.4) is 0 Å². The van der Waals surface area contributed by atoms with Gasteiger partial charge in [0.25, 0.3) is 0 Å². The van der Waals surface area contributed by atoms with E-state index >= 15 is 0 Å². The molecule has 0 saturated heterocycles. The zero-order chi connectivity index (χ0) is 23.3. The second-order valence-electron chi connectivity index (χ2n) is 7.57. The molecule has 0 saturated carbocycles. The molecule has 168 valence electrons. The molecule has 2 aromatic heterocycles. The SMILES string of the molecule is Cc1ccc(Sc2ccc(F)cc2)c(Nc2ncnc3nc(SCc4ccccc4)ncc23)c1. The van der Waals surface area contributed by atoms with Crippen molar-refractivity contribution in [2.24, 2.45) is 0 Å². The minimum absolute atomic E-state index is 0.250. The Kier molecular flexibility index (Phi) is 6.69. The monoisotopic (exact) mass is 485 g/mol. The van der Waals surface area contributed by atoms with Gasteiger partial charge in [0.1, 0.15) is 18.0 Å². The predicted octanol–water partition coefficient (Wildman–Crippen LogP) is 7.05. The summed E-state index contributed by atoms with van der Waals surface area (Å²) >= 11 is 3.13. The van der Waals surface area contributed by atoms with Crippen LogP contribution in [0, 0.1) is 12.7 Å². The number of halogens is 1. The number of hydrogen-bond acceptors (Lipinski definition) is 7. The zero-order valence-electron chi connectivity index (χ0n) is 18.3. The maximum Gasteiger partial charge on any atom is 0.189 e. The number of thioether (sulfide) groups is 1. The van der Waals surface area contributed by atoms with Gasteiger partial charge in [-0.1, -0.05) is 59.9 Å². The van der Waals surface area contributed by atoms with E-state index in [-0.39, 0.29) is 5.82 Å². The Morgan fingerprint density at radius 2 is 1.74 bits per heavy atom. The highest BCUT2D eigenvalue weighted by Crippen LogP contribution is 2.36. The lowest BCUT2D eigenvalue weighted by atomic mass is 10.2. The average Bonchev–Trinajstić information content (AvgIpc) is 2.86. The lowest BCUT2D eigenvalue weighted by Crippen LogP contribution is -2.00. The molecule has 0 aliphatic rings. The van der Waals surface area contributed by atoms with Crippen LogP contribution >= 0.6 is 23.5 Å². The van der Waals surface area contributed by atoms with Gasteiger partial charge in [-0.3, -0.25) is 0 Å². The first-order valence-electron chi connectivity index (χ1n) is 10.6. The van der Waals surface area contributed by atoms with Crippen LogP contribution in [0.15, 0.2) is 100 Å². The summed E-state index contributed by atoms with van der Waals surface area (Å²) in [6.45, 7) is 2.04. The van der Waals surface area contributed by atoms with E-state index in [0.29, 0.717) is 16.6 Å². The van der Waals surface area contributed by atoms with Crippen LogP contribution in [-0.2, 0) is 5.75 Å². The van der Waals surface area contributed by atoms with Crippen molar-refractivity contribution in [3.8, 4) is 0 Å². The van der Waals surface area contributed by atoms with Gasteiger partial charge < -0.3 is 5.32 Å². The molecule has 5 nitrogen and oxygen atoms in total. The molecule has 0 spiro atoms. The Hall–Kier alpha value is -3.49. The van der Waals surface area contributed by atoms with Crippen molar-refractivity contribution < 1.29 is 4.39 Å². The Morgan fingerprint density at radius 1 is 0.912 bits per heavy atom. The van der Waals surface area contributed by atoms with Crippen molar-refractivity contribution in [3.63, 3.8) is 0 Å². The number of nitrogens with zero attached hydrogens (tertiary/aromatic N) is 4. The van der Waals surface area contributed by atoms with Crippen LogP contribution in [-0.4, -0.2) is 19.9 Å². The summed E-state index contributed by atoms with van der Waals surface area (Å²) in [7, 11) is 0. The van der Waals surface area contributed by atoms with Crippen molar-refractivity contribution in [2.45, 2.75) is 27.6 Å². The van der Waals surface area contributed by atoms with E-state index in [0.717, 1.165) is 32.2 Å². The molecule has 1 N–H and O–H groups in total. The fourth-order valence-electron chi connectivity index (χ4n) is 3.31. The molecule has 34 heavy (non-hydrogen) atoms. The quantitative estimate of drug-likeness (QED) is 0.196. The molecule has 0 unspecified atom stereocenters. The van der Waals surface area contributed by atoms with Crippen LogP contribution in [0.5, 0.6) is 0 Å². The molecule has 0 fully saturated rings. The van der Waals surface area contributed by atoms with Crippen LogP contribution < -0.4 is 5.32 Å². The van der Waals surface area contributed by atoms with E-state index in [2.05, 4.69) is 49.5 Å². The van der Waals surface area contributed by atoms with Crippen molar-refractivity contribution in [2.75, 3.05) is 5.32 Å². The van der Waals surface area contributed by atoms with E-state index in [4.69, 9.17) is 0 Å². The second-order valence-corrected chi connectivity index (χ2v) is 9.62. The van der Waals surface area contributed by atoms with Gasteiger partial charge in [0.15, 0.2) is 10.8 Å². The molecule has 5 rings (SSSR count). The summed E-state index contributed by atoms with van der Waals surface area (Å²) in [6.07, 6.45) is 3.27. The molecule has 0 amide bonds. The van der Waals surface area contributed by atoms with E-state index in [1.165, 1.54) is 24.0 Å². The topological polar surface area (TPSA) is 63.6 Å². The molecular formula is C26H20FN5S2. The normalized spacial score (nSPS) is 11.0. The number of fused-ring (bicyclic) bond motifs is 1. The molecule has 0 aliphatic carbocycles. The highest BCUT2D eigenvalue weighted by Gasteiger charge is 2.12. The second kappa shape index (κ2) is 10.2. The standard InChI is InChI=1S/C26H20FN5S2/c1-17-7-12-23(34-20-10-8-19(27)9-11-20)22(13-17)31-24-21-14-28-26(32-25(21)30-16-29-24)33-15-18-5-3-2-4-6-18/h2-14,16H,15H2,1H3,(H,28,29,30,31,32). The van der Waals surface area contributed by atoms with Gasteiger partial charge in [-0.15, -0.1) is 0 Å². The summed E-state index contributed by atoms with van der Waals surface area (Å²) < 4.78 is 13.3. The van der Waals surface area contributed by atoms with Gasteiger partial charge in [-0.05, 0) is 54.4 Å². The Balaban J connectivity index is 1.40. The fourth-order valence-corrected chi connectivity index (χ4v) is 4.96. The molecule has 0 radical (unpaired) electrons. The largest absolute Gasteiger partial charge is 0.339 e. The number of hydrogen-bond donors (Lipinski definition) is 1. The number of rotatable bonds is 7. The van der Waals surface area contributed by atoms with E-state index in [1.807, 2.05) is 31.2 Å². The molecule has 5 aromatic rings. The third-order valence-electron chi connectivity index (χ3n) is 5.01. The zero-order valence-corrected chi connectivity index (χ0v) is 19.9. The molecule has 8 heteroatoms. The third kappa shape index (κ3) is 5.35. The highest BCUT2D eigenvalue weighted by molar-refractivity contribution is 7.99. The van der Waals surface area contributed by atoms with Crippen LogP contribution in [0.4, 0.5) is 15.9 Å². The summed E-state index contributed by atoms with van der Waals surface area (Å²) in [5, 5.41) is 4.84. The first-order valence-corrected chi connectivity index (χ1v) is 12.4. The first kappa shape index (κ1) is 22.3. The maximum absolute atomic E-state index is 13.3. The van der Waals surface area contributed by atoms with Gasteiger partial charge in [-0.25, -0.2) is 24.3 Å². The summed E-state index contributed by atoms with van der Waals surface area (Å²) in [4.78, 5) is 19.9. The number of anilines is 2. The minimum atomic E-state index is -0.250. The fraction of sp³-hybridized carbons (Fsp3) is 0.0769. The van der Waals surface area contributed by atoms with Crippen molar-refractivity contribution in [1.82, 2.24) is 19.9 Å². The van der Waals surface area contributed by atoms with Gasteiger partial charge in [0, 0.05) is 21.7 Å². The van der Waals surface area contributed by atoms with Crippen LogP contribution in [0.25, 0.3) is 11.0 Å². The molecule has 0 bridgehead atoms. The number of aryl methyl sites for hydroxylation is 1. The average molecular weight is 486 g/mol. The number of aromatic nitrogens is 4. The van der Waals surface area contributed by atoms with E-state index < -0.39 is 0 Å². The third-order valence-corrected chi connectivity index (χ3v) is 7.03. The lowest BCUT2D eigenvalue weighted by Gasteiger charge is -2.13. The highest BCUT2D eigenvalue weighted by atomic mass is 32.2. The molecule has 0 atom stereocenters. The van der Waals surface area contributed by atoms with Gasteiger partial charge in [0.2, 0.25) is 0 Å². The van der Waals surface area contributed by atoms with E-state index in [1.54, 1.807) is 41.9 Å². The smallest absolute Gasteiger partial charge is 0.189 e. The summed E-state index contributed by atoms with van der Waals surface area (Å²) in [6, 6.07) is 22.8. The molecular weight excluding hydrogens is 465 g/mol. The van der Waals surface area contributed by atoms with Gasteiger partial charge >= 0.3 is 0 Å². The molecule has 3 aromatic carbocycles. The number of benzene rings is 3. The summed E-state index contributed by atoms with van der Waals surface area (Å²) in [5.41, 5.74) is 3.81. The maximum atomic E-state index is 13.3. The van der Waals surface area contributed by atoms with Crippen molar-refractivity contribution in [1.29, 1.82) is 0 Å². The molecule has 2 heterocycles. The van der Waals surface area contributed by atoms with Gasteiger partial charge in [0.05, 0.1) is 11.1 Å². The molecule has 0 aliphatic heterocycles. The minimum Gasteiger partial charge on any atom is -0.339 e. The Labute approximate surface area is 205 Å². The predicted molar refractivity (Wildman–Crippen MR) is 136 cm³/mol. The summed E-state index contributed by atoms with van der Waals surface area (Å²) in [5.74, 6) is 1.17. The van der Waals surface area contributed by atoms with Gasteiger partial charge in [-0.2, -0.15) is 0 Å². The Morgan fingerprint density at radius 3 is 2.56 bits per heavy atom. The number of nitrogens with one attached hydrogen (secondary N) is 1.